The number of rotatable bonds is 10. The Morgan fingerprint density at radius 2 is 2.06 bits per heavy atom. The highest BCUT2D eigenvalue weighted by molar-refractivity contribution is 8.00. The summed E-state index contributed by atoms with van der Waals surface area (Å²) in [5.74, 6) is -0.0875. The van der Waals surface area contributed by atoms with Crippen LogP contribution in [0.15, 0.2) is 58.5 Å². The number of unbranched alkanes of at least 4 members (excludes halogenated alkanes) is 1. The van der Waals surface area contributed by atoms with E-state index in [4.69, 9.17) is 21.3 Å². The topological polar surface area (TPSA) is 73.2 Å². The molecule has 31 heavy (non-hydrogen) atoms. The minimum absolute atomic E-state index is 0.0875. The SMILES string of the molecule is CCCCC(Sc1nc2ccccc2c(=O)n1-c1cccc(Cl)c1)C(=O)NCCOC. The molecule has 0 saturated carbocycles. The fourth-order valence-electron chi connectivity index (χ4n) is 3.18. The van der Waals surface area contributed by atoms with Gasteiger partial charge in [-0.2, -0.15) is 0 Å². The Bertz CT molecular complexity index is 1100. The van der Waals surface area contributed by atoms with Crippen molar-refractivity contribution in [3.63, 3.8) is 0 Å². The predicted octanol–water partition coefficient (Wildman–Crippen LogP) is 4.45. The molecule has 1 heterocycles. The van der Waals surface area contributed by atoms with Crippen molar-refractivity contribution in [1.82, 2.24) is 14.9 Å². The highest BCUT2D eigenvalue weighted by atomic mass is 35.5. The second kappa shape index (κ2) is 11.3. The zero-order valence-corrected chi connectivity index (χ0v) is 19.2. The number of methoxy groups -OCH3 is 1. The van der Waals surface area contributed by atoms with Gasteiger partial charge in [-0.15, -0.1) is 0 Å². The Kier molecular flexibility index (Phi) is 8.51. The molecule has 164 valence electrons. The normalized spacial score (nSPS) is 12.1. The molecule has 2 aromatic carbocycles. The summed E-state index contributed by atoms with van der Waals surface area (Å²) in [4.78, 5) is 31.0. The van der Waals surface area contributed by atoms with Crippen LogP contribution in [0.2, 0.25) is 5.02 Å². The molecule has 0 spiro atoms. The van der Waals surface area contributed by atoms with Crippen molar-refractivity contribution in [2.45, 2.75) is 36.6 Å². The van der Waals surface area contributed by atoms with E-state index in [1.54, 1.807) is 35.9 Å². The molecular weight excluding hydrogens is 434 g/mol. The highest BCUT2D eigenvalue weighted by Gasteiger charge is 2.23. The molecule has 3 rings (SSSR count). The number of para-hydroxylation sites is 1. The first-order valence-electron chi connectivity index (χ1n) is 10.3. The summed E-state index contributed by atoms with van der Waals surface area (Å²) in [7, 11) is 1.60. The maximum atomic E-state index is 13.4. The number of fused-ring (bicyclic) bond motifs is 1. The molecule has 0 aliphatic heterocycles. The zero-order chi connectivity index (χ0) is 22.2. The maximum Gasteiger partial charge on any atom is 0.266 e. The second-order valence-electron chi connectivity index (χ2n) is 7.06. The number of aromatic nitrogens is 2. The van der Waals surface area contributed by atoms with E-state index in [1.165, 1.54) is 11.8 Å². The fourth-order valence-corrected chi connectivity index (χ4v) is 4.54. The van der Waals surface area contributed by atoms with Crippen LogP contribution in [0.4, 0.5) is 0 Å². The molecule has 1 aromatic heterocycles. The molecule has 0 radical (unpaired) electrons. The lowest BCUT2D eigenvalue weighted by molar-refractivity contribution is -0.120. The molecule has 3 aromatic rings. The summed E-state index contributed by atoms with van der Waals surface area (Å²) < 4.78 is 6.57. The van der Waals surface area contributed by atoms with E-state index in [-0.39, 0.29) is 16.7 Å². The van der Waals surface area contributed by atoms with Crippen LogP contribution < -0.4 is 10.9 Å². The lowest BCUT2D eigenvalue weighted by atomic mass is 10.2. The van der Waals surface area contributed by atoms with Gasteiger partial charge < -0.3 is 10.1 Å². The number of amides is 1. The highest BCUT2D eigenvalue weighted by Crippen LogP contribution is 2.28. The van der Waals surface area contributed by atoms with Crippen molar-refractivity contribution in [2.24, 2.45) is 0 Å². The first-order valence-corrected chi connectivity index (χ1v) is 11.5. The fraction of sp³-hybridized carbons (Fsp3) is 0.348. The van der Waals surface area contributed by atoms with Gasteiger partial charge >= 0.3 is 0 Å². The van der Waals surface area contributed by atoms with Gasteiger partial charge in [-0.3, -0.25) is 14.2 Å². The van der Waals surface area contributed by atoms with Crippen LogP contribution in [-0.2, 0) is 9.53 Å². The minimum atomic E-state index is -0.379. The zero-order valence-electron chi connectivity index (χ0n) is 17.6. The van der Waals surface area contributed by atoms with Crippen LogP contribution in [0.1, 0.15) is 26.2 Å². The van der Waals surface area contributed by atoms with Crippen molar-refractivity contribution in [3.05, 3.63) is 63.9 Å². The first kappa shape index (κ1) is 23.3. The standard InChI is InChI=1S/C23H26ClN3O3S/c1-3-4-12-20(21(28)25-13-14-30-2)31-23-26-19-11-6-5-10-18(19)22(29)27(23)17-9-7-8-16(24)15-17/h5-11,15,20H,3-4,12-14H2,1-2H3,(H,25,28). The summed E-state index contributed by atoms with van der Waals surface area (Å²) >= 11 is 7.50. The summed E-state index contributed by atoms with van der Waals surface area (Å²) in [6.07, 6.45) is 2.54. The number of carbonyl (C=O) groups is 1. The van der Waals surface area contributed by atoms with E-state index < -0.39 is 0 Å². The van der Waals surface area contributed by atoms with E-state index >= 15 is 0 Å². The van der Waals surface area contributed by atoms with Crippen molar-refractivity contribution >= 4 is 40.2 Å². The number of halogens is 1. The van der Waals surface area contributed by atoms with Gasteiger partial charge in [0.2, 0.25) is 5.91 Å². The summed E-state index contributed by atoms with van der Waals surface area (Å²) in [5.41, 5.74) is 1.03. The summed E-state index contributed by atoms with van der Waals surface area (Å²) in [6, 6.07) is 14.3. The van der Waals surface area contributed by atoms with Crippen LogP contribution in [0.3, 0.4) is 0 Å². The molecule has 1 unspecified atom stereocenters. The Morgan fingerprint density at radius 1 is 1.26 bits per heavy atom. The lowest BCUT2D eigenvalue weighted by Gasteiger charge is -2.19. The van der Waals surface area contributed by atoms with Gasteiger partial charge in [0, 0.05) is 18.7 Å². The van der Waals surface area contributed by atoms with Crippen LogP contribution in [0.25, 0.3) is 16.6 Å². The third-order valence-electron chi connectivity index (χ3n) is 4.78. The number of thioether (sulfide) groups is 1. The molecule has 0 aliphatic rings. The van der Waals surface area contributed by atoms with Gasteiger partial charge in [0.25, 0.3) is 5.56 Å². The van der Waals surface area contributed by atoms with Crippen molar-refractivity contribution in [2.75, 3.05) is 20.3 Å². The van der Waals surface area contributed by atoms with Crippen molar-refractivity contribution < 1.29 is 9.53 Å². The van der Waals surface area contributed by atoms with Crippen LogP contribution in [-0.4, -0.2) is 41.0 Å². The summed E-state index contributed by atoms with van der Waals surface area (Å²) in [5, 5.41) is 4.04. The van der Waals surface area contributed by atoms with Gasteiger partial charge in [0.1, 0.15) is 0 Å². The number of nitrogens with zero attached hydrogens (tertiary/aromatic N) is 2. The molecule has 1 N–H and O–H groups in total. The predicted molar refractivity (Wildman–Crippen MR) is 126 cm³/mol. The number of carbonyl (C=O) groups excluding carboxylic acids is 1. The number of nitrogens with one attached hydrogen (secondary N) is 1. The van der Waals surface area contributed by atoms with Gasteiger partial charge in [-0.05, 0) is 36.8 Å². The molecule has 0 aliphatic carbocycles. The monoisotopic (exact) mass is 459 g/mol. The molecule has 0 fully saturated rings. The lowest BCUT2D eigenvalue weighted by Crippen LogP contribution is -2.35. The van der Waals surface area contributed by atoms with E-state index in [2.05, 4.69) is 12.2 Å². The molecule has 1 atom stereocenters. The Morgan fingerprint density at radius 3 is 2.81 bits per heavy atom. The molecule has 0 bridgehead atoms. The molecule has 0 saturated heterocycles. The van der Waals surface area contributed by atoms with Crippen LogP contribution >= 0.6 is 23.4 Å². The van der Waals surface area contributed by atoms with Crippen LogP contribution in [0, 0.1) is 0 Å². The molecule has 1 amide bonds. The third kappa shape index (κ3) is 5.87. The third-order valence-corrected chi connectivity index (χ3v) is 6.23. The smallest absolute Gasteiger partial charge is 0.266 e. The van der Waals surface area contributed by atoms with Crippen molar-refractivity contribution in [3.8, 4) is 5.69 Å². The Balaban J connectivity index is 2.06. The maximum absolute atomic E-state index is 13.4. The van der Waals surface area contributed by atoms with Crippen molar-refractivity contribution in [1.29, 1.82) is 0 Å². The largest absolute Gasteiger partial charge is 0.383 e. The summed E-state index contributed by atoms with van der Waals surface area (Å²) in [6.45, 7) is 2.96. The van der Waals surface area contributed by atoms with Gasteiger partial charge in [0.05, 0.1) is 28.4 Å². The number of benzene rings is 2. The van der Waals surface area contributed by atoms with Gasteiger partial charge in [-0.1, -0.05) is 61.3 Å². The van der Waals surface area contributed by atoms with E-state index in [1.807, 2.05) is 24.3 Å². The minimum Gasteiger partial charge on any atom is -0.383 e. The molecule has 6 nitrogen and oxygen atoms in total. The molecular formula is C23H26ClN3O3S. The first-order chi connectivity index (χ1) is 15.0. The number of hydrogen-bond donors (Lipinski definition) is 1. The van der Waals surface area contributed by atoms with Crippen LogP contribution in [0.5, 0.6) is 0 Å². The van der Waals surface area contributed by atoms with Gasteiger partial charge in [0.15, 0.2) is 5.16 Å². The van der Waals surface area contributed by atoms with E-state index in [0.29, 0.717) is 46.3 Å². The second-order valence-corrected chi connectivity index (χ2v) is 8.67. The number of ether oxygens (including phenoxy) is 1. The molecule has 8 heteroatoms. The van der Waals surface area contributed by atoms with E-state index in [0.717, 1.165) is 12.8 Å². The van der Waals surface area contributed by atoms with Gasteiger partial charge in [-0.25, -0.2) is 4.98 Å². The Hall–Kier alpha value is -2.35. The average Bonchev–Trinajstić information content (AvgIpc) is 2.77. The quantitative estimate of drug-likeness (QED) is 0.275. The number of hydrogen-bond acceptors (Lipinski definition) is 5. The Labute approximate surface area is 191 Å². The van der Waals surface area contributed by atoms with E-state index in [9.17, 15) is 9.59 Å². The average molecular weight is 460 g/mol.